The molecule has 0 aliphatic carbocycles. The van der Waals surface area contributed by atoms with Crippen LogP contribution in [0.2, 0.25) is 0 Å². The number of hydrogen-bond donors (Lipinski definition) is 2. The standard InChI is InChI=1S/C17H28N2OS/c1-6-19-17(5,16(18)20)11-13(4)21-15-9-7-14(8-10-15)12(2)3/h7-10,12-13,19H,6,11H2,1-5H3,(H2,18,20). The first-order valence-electron chi connectivity index (χ1n) is 7.60. The average Bonchev–Trinajstić information content (AvgIpc) is 2.39. The van der Waals surface area contributed by atoms with Crippen LogP contribution in [-0.4, -0.2) is 23.2 Å². The van der Waals surface area contributed by atoms with Gasteiger partial charge in [-0.25, -0.2) is 0 Å². The molecule has 0 saturated carbocycles. The molecule has 0 spiro atoms. The molecule has 118 valence electrons. The van der Waals surface area contributed by atoms with Crippen LogP contribution < -0.4 is 11.1 Å². The molecule has 0 bridgehead atoms. The van der Waals surface area contributed by atoms with Crippen LogP contribution in [0.25, 0.3) is 0 Å². The molecule has 0 saturated heterocycles. The Bertz CT molecular complexity index is 458. The Morgan fingerprint density at radius 1 is 1.29 bits per heavy atom. The first kappa shape index (κ1) is 18.1. The number of amides is 1. The molecule has 3 N–H and O–H groups in total. The smallest absolute Gasteiger partial charge is 0.237 e. The van der Waals surface area contributed by atoms with E-state index >= 15 is 0 Å². The fourth-order valence-electron chi connectivity index (χ4n) is 2.43. The fraction of sp³-hybridized carbons (Fsp3) is 0.588. The zero-order valence-electron chi connectivity index (χ0n) is 13.8. The van der Waals surface area contributed by atoms with Crippen LogP contribution in [0.3, 0.4) is 0 Å². The molecule has 2 atom stereocenters. The predicted octanol–water partition coefficient (Wildman–Crippen LogP) is 3.53. The van der Waals surface area contributed by atoms with Crippen LogP contribution in [0, 0.1) is 0 Å². The van der Waals surface area contributed by atoms with E-state index in [4.69, 9.17) is 5.73 Å². The van der Waals surface area contributed by atoms with Crippen LogP contribution in [0.5, 0.6) is 0 Å². The summed E-state index contributed by atoms with van der Waals surface area (Å²) in [5.41, 5.74) is 6.25. The van der Waals surface area contributed by atoms with Crippen molar-refractivity contribution in [2.45, 2.75) is 62.6 Å². The third kappa shape index (κ3) is 5.36. The van der Waals surface area contributed by atoms with Crippen molar-refractivity contribution < 1.29 is 4.79 Å². The van der Waals surface area contributed by atoms with Crippen molar-refractivity contribution in [2.75, 3.05) is 6.54 Å². The normalized spacial score (nSPS) is 15.7. The molecule has 1 amide bonds. The lowest BCUT2D eigenvalue weighted by Crippen LogP contribution is -2.54. The number of benzene rings is 1. The Balaban J connectivity index is 2.67. The number of rotatable bonds is 8. The predicted molar refractivity (Wildman–Crippen MR) is 91.7 cm³/mol. The van der Waals surface area contributed by atoms with E-state index in [2.05, 4.69) is 50.4 Å². The summed E-state index contributed by atoms with van der Waals surface area (Å²) in [6.07, 6.45) is 0.715. The van der Waals surface area contributed by atoms with E-state index in [1.54, 1.807) is 11.8 Å². The molecule has 3 nitrogen and oxygen atoms in total. The van der Waals surface area contributed by atoms with Gasteiger partial charge in [0.1, 0.15) is 0 Å². The van der Waals surface area contributed by atoms with E-state index in [1.165, 1.54) is 10.5 Å². The SMILES string of the molecule is CCNC(C)(CC(C)Sc1ccc(C(C)C)cc1)C(N)=O. The van der Waals surface area contributed by atoms with Gasteiger partial charge < -0.3 is 11.1 Å². The number of nitrogens with two attached hydrogens (primary N) is 1. The van der Waals surface area contributed by atoms with Gasteiger partial charge in [0.2, 0.25) is 5.91 Å². The summed E-state index contributed by atoms with van der Waals surface area (Å²) in [5, 5.41) is 3.52. The van der Waals surface area contributed by atoms with Gasteiger partial charge in [-0.05, 0) is 43.5 Å². The topological polar surface area (TPSA) is 55.1 Å². The Morgan fingerprint density at radius 2 is 1.86 bits per heavy atom. The maximum absolute atomic E-state index is 11.7. The minimum absolute atomic E-state index is 0.285. The molecule has 1 rings (SSSR count). The molecule has 0 heterocycles. The van der Waals surface area contributed by atoms with Crippen molar-refractivity contribution in [3.05, 3.63) is 29.8 Å². The minimum Gasteiger partial charge on any atom is -0.368 e. The molecule has 1 aromatic carbocycles. The third-order valence-electron chi connectivity index (χ3n) is 3.69. The Labute approximate surface area is 133 Å². The molecule has 1 aromatic rings. The van der Waals surface area contributed by atoms with Gasteiger partial charge in [-0.3, -0.25) is 4.79 Å². The number of nitrogens with one attached hydrogen (secondary N) is 1. The van der Waals surface area contributed by atoms with Gasteiger partial charge in [0.05, 0.1) is 5.54 Å². The second-order valence-electron chi connectivity index (χ2n) is 6.08. The van der Waals surface area contributed by atoms with E-state index in [-0.39, 0.29) is 5.91 Å². The second-order valence-corrected chi connectivity index (χ2v) is 7.59. The highest BCUT2D eigenvalue weighted by Gasteiger charge is 2.31. The summed E-state index contributed by atoms with van der Waals surface area (Å²) in [5.74, 6) is 0.264. The Hall–Kier alpha value is -1.00. The fourth-order valence-corrected chi connectivity index (χ4v) is 3.60. The zero-order chi connectivity index (χ0) is 16.0. The van der Waals surface area contributed by atoms with Crippen molar-refractivity contribution in [3.63, 3.8) is 0 Å². The highest BCUT2D eigenvalue weighted by atomic mass is 32.2. The van der Waals surface area contributed by atoms with Crippen LogP contribution in [0.4, 0.5) is 0 Å². The van der Waals surface area contributed by atoms with Crippen molar-refractivity contribution in [1.82, 2.24) is 5.32 Å². The Morgan fingerprint density at radius 3 is 2.29 bits per heavy atom. The van der Waals surface area contributed by atoms with Gasteiger partial charge in [0, 0.05) is 10.1 Å². The average molecular weight is 308 g/mol. The lowest BCUT2D eigenvalue weighted by Gasteiger charge is -2.29. The maximum Gasteiger partial charge on any atom is 0.237 e. The first-order valence-corrected chi connectivity index (χ1v) is 8.48. The quantitative estimate of drug-likeness (QED) is 0.722. The molecule has 0 aliphatic heterocycles. The number of likely N-dealkylation sites (N-methyl/N-ethyl adjacent to an activating group) is 1. The summed E-state index contributed by atoms with van der Waals surface area (Å²) in [6.45, 7) is 11.1. The van der Waals surface area contributed by atoms with Gasteiger partial charge >= 0.3 is 0 Å². The molecule has 2 unspecified atom stereocenters. The summed E-state index contributed by atoms with van der Waals surface area (Å²) in [7, 11) is 0. The van der Waals surface area contributed by atoms with Gasteiger partial charge in [-0.15, -0.1) is 11.8 Å². The van der Waals surface area contributed by atoms with Crippen LogP contribution in [-0.2, 0) is 4.79 Å². The van der Waals surface area contributed by atoms with Gasteiger partial charge in [-0.1, -0.05) is 39.8 Å². The number of carbonyl (C=O) groups excluding carboxylic acids is 1. The second kappa shape index (κ2) is 7.85. The summed E-state index contributed by atoms with van der Waals surface area (Å²) in [6, 6.07) is 8.67. The Kier molecular flexibility index (Phi) is 6.75. The molecule has 21 heavy (non-hydrogen) atoms. The van der Waals surface area contributed by atoms with Crippen molar-refractivity contribution in [1.29, 1.82) is 0 Å². The lowest BCUT2D eigenvalue weighted by molar-refractivity contribution is -0.124. The highest BCUT2D eigenvalue weighted by Crippen LogP contribution is 2.29. The lowest BCUT2D eigenvalue weighted by atomic mass is 9.95. The summed E-state index contributed by atoms with van der Waals surface area (Å²) in [4.78, 5) is 12.9. The van der Waals surface area contributed by atoms with Crippen LogP contribution in [0.15, 0.2) is 29.2 Å². The molecule has 0 aromatic heterocycles. The summed E-state index contributed by atoms with van der Waals surface area (Å²) < 4.78 is 0. The number of primary amides is 1. The number of hydrogen-bond acceptors (Lipinski definition) is 3. The summed E-state index contributed by atoms with van der Waals surface area (Å²) >= 11 is 1.79. The monoisotopic (exact) mass is 308 g/mol. The molecule has 0 aliphatic rings. The molecule has 0 radical (unpaired) electrons. The molecule has 0 fully saturated rings. The van der Waals surface area contributed by atoms with E-state index < -0.39 is 5.54 Å². The molecule has 4 heteroatoms. The van der Waals surface area contributed by atoms with Crippen molar-refractivity contribution in [2.24, 2.45) is 5.73 Å². The van der Waals surface area contributed by atoms with Gasteiger partial charge in [0.25, 0.3) is 0 Å². The minimum atomic E-state index is -0.640. The maximum atomic E-state index is 11.7. The van der Waals surface area contributed by atoms with E-state index in [0.717, 1.165) is 6.54 Å². The van der Waals surface area contributed by atoms with Crippen LogP contribution in [0.1, 0.15) is 52.5 Å². The van der Waals surface area contributed by atoms with Crippen molar-refractivity contribution >= 4 is 17.7 Å². The molecular formula is C17H28N2OS. The highest BCUT2D eigenvalue weighted by molar-refractivity contribution is 7.99. The van der Waals surface area contributed by atoms with E-state index in [1.807, 2.05) is 13.8 Å². The largest absolute Gasteiger partial charge is 0.368 e. The first-order chi connectivity index (χ1) is 9.78. The van der Waals surface area contributed by atoms with E-state index in [0.29, 0.717) is 17.6 Å². The van der Waals surface area contributed by atoms with E-state index in [9.17, 15) is 4.79 Å². The third-order valence-corrected chi connectivity index (χ3v) is 4.80. The van der Waals surface area contributed by atoms with Crippen LogP contribution >= 0.6 is 11.8 Å². The number of carbonyl (C=O) groups is 1. The van der Waals surface area contributed by atoms with Gasteiger partial charge in [0.15, 0.2) is 0 Å². The number of thioether (sulfide) groups is 1. The zero-order valence-corrected chi connectivity index (χ0v) is 14.6. The van der Waals surface area contributed by atoms with Crippen molar-refractivity contribution in [3.8, 4) is 0 Å². The molecular weight excluding hydrogens is 280 g/mol. The van der Waals surface area contributed by atoms with Gasteiger partial charge in [-0.2, -0.15) is 0 Å².